The first-order valence-electron chi connectivity index (χ1n) is 0. The van der Waals surface area contributed by atoms with Crippen molar-refractivity contribution in [3.05, 3.63) is 0 Å². The van der Waals surface area contributed by atoms with Gasteiger partial charge in [-0.05, 0) is 0 Å². The molecule has 0 amide bonds. The predicted octanol–water partition coefficient (Wildman–Crippen LogP) is -0.0100. The number of hydrogen-bond donors (Lipinski definition) is 0. The Kier molecular flexibility index (Phi) is 138. The van der Waals surface area contributed by atoms with Crippen LogP contribution in [0.2, 0.25) is 0 Å². The van der Waals surface area contributed by atoms with Crippen LogP contribution in [-0.4, -0.2) is 0 Å². The summed E-state index contributed by atoms with van der Waals surface area (Å²) in [7, 11) is 0. The molecule has 0 aliphatic carbocycles. The van der Waals surface area contributed by atoms with Gasteiger partial charge in [0.05, 0.1) is 0 Å². The molecule has 0 saturated carbocycles. The zero-order chi connectivity index (χ0) is 0. The summed E-state index contributed by atoms with van der Waals surface area (Å²) >= 11 is 0. The maximum atomic E-state index is 0. The molecule has 0 N–H and O–H groups in total. The Morgan fingerprint density at radius 3 is 1.00 bits per heavy atom. The van der Waals surface area contributed by atoms with E-state index in [-0.39, 0.29) is 79.1 Å². The van der Waals surface area contributed by atoms with Gasteiger partial charge in [0.15, 0.2) is 0 Å². The minimum Gasteiger partial charge on any atom is 0 e. The van der Waals surface area contributed by atoms with Crippen molar-refractivity contribution in [1.29, 1.82) is 0 Å². The monoisotopic (exact) mass is 354 g/mol. The summed E-state index contributed by atoms with van der Waals surface area (Å²) in [5, 5.41) is 0. The van der Waals surface area contributed by atoms with Crippen LogP contribution in [0.1, 0.15) is 0 Å². The van der Waals surface area contributed by atoms with Crippen molar-refractivity contribution >= 4 is 0 Å². The molecule has 0 rings (SSSR count). The summed E-state index contributed by atoms with van der Waals surface area (Å²) in [6.45, 7) is 0. The van der Waals surface area contributed by atoms with Crippen molar-refractivity contribution in [3.8, 4) is 0 Å². The van der Waals surface area contributed by atoms with Gasteiger partial charge < -0.3 is 0 Å². The van der Waals surface area contributed by atoms with Crippen LogP contribution in [0.5, 0.6) is 0 Å². The molecular formula is AuNiTiV. The van der Waals surface area contributed by atoms with Crippen molar-refractivity contribution in [1.82, 2.24) is 0 Å². The Hall–Kier alpha value is 2.53. The minimum atomic E-state index is 0. The van der Waals surface area contributed by atoms with Crippen molar-refractivity contribution in [2.45, 2.75) is 0 Å². The number of hydrogen-bond acceptors (Lipinski definition) is 0. The standard InChI is InChI=1S/Au.Ni.Ti.V. The maximum Gasteiger partial charge on any atom is 0 e. The largest absolute Gasteiger partial charge is 0 e. The van der Waals surface area contributed by atoms with Crippen LogP contribution in [0.25, 0.3) is 0 Å². The fourth-order valence-electron chi connectivity index (χ4n) is 0. The van der Waals surface area contributed by atoms with Crippen LogP contribution < -0.4 is 0 Å². The van der Waals surface area contributed by atoms with Gasteiger partial charge in [-0.15, -0.1) is 0 Å². The van der Waals surface area contributed by atoms with Crippen LogP contribution >= 0.6 is 0 Å². The van der Waals surface area contributed by atoms with E-state index in [1.807, 2.05) is 0 Å². The third-order valence-electron chi connectivity index (χ3n) is 0. The zero-order valence-electron chi connectivity index (χ0n) is 1.56. The van der Waals surface area contributed by atoms with Crippen LogP contribution in [-0.2, 0) is 79.1 Å². The van der Waals surface area contributed by atoms with E-state index in [0.29, 0.717) is 0 Å². The molecule has 0 aliphatic rings. The Morgan fingerprint density at radius 2 is 1.00 bits per heavy atom. The van der Waals surface area contributed by atoms with Gasteiger partial charge in [-0.25, -0.2) is 0 Å². The molecule has 4 heteroatoms. The van der Waals surface area contributed by atoms with Crippen molar-refractivity contribution in [2.75, 3.05) is 0 Å². The van der Waals surface area contributed by atoms with Gasteiger partial charge in [0.25, 0.3) is 0 Å². The third kappa shape index (κ3) is 8.82. The first-order chi connectivity index (χ1) is 0. The van der Waals surface area contributed by atoms with E-state index in [1.54, 1.807) is 0 Å². The zero-order valence-corrected chi connectivity index (χ0v) is 7.68. The van der Waals surface area contributed by atoms with Crippen LogP contribution in [0.4, 0.5) is 0 Å². The molecule has 0 unspecified atom stereocenters. The summed E-state index contributed by atoms with van der Waals surface area (Å²) in [6, 6.07) is 0. The van der Waals surface area contributed by atoms with E-state index in [4.69, 9.17) is 0 Å². The fourth-order valence-corrected chi connectivity index (χ4v) is 0. The molecule has 0 aliphatic heterocycles. The van der Waals surface area contributed by atoms with E-state index in [0.717, 1.165) is 0 Å². The summed E-state index contributed by atoms with van der Waals surface area (Å²) < 4.78 is 0. The molecule has 0 heterocycles. The van der Waals surface area contributed by atoms with Crippen molar-refractivity contribution in [3.63, 3.8) is 0 Å². The van der Waals surface area contributed by atoms with Crippen molar-refractivity contribution in [2.24, 2.45) is 0 Å². The molecular weight excluding hydrogens is 354 g/mol. The Balaban J connectivity index is 0. The second kappa shape index (κ2) is 17.7. The molecule has 0 saturated heterocycles. The van der Waals surface area contributed by atoms with E-state index >= 15 is 0 Å². The fraction of sp³-hybridized carbons (Fsp3) is 0. The molecule has 0 bridgehead atoms. The SMILES string of the molecule is [Au].[Ni].[Ti].[V]. The quantitative estimate of drug-likeness (QED) is 0.537. The predicted molar refractivity (Wildman–Crippen MR) is 0 cm³/mol. The molecule has 0 spiro atoms. The topological polar surface area (TPSA) is 0 Å². The molecule has 0 atom stereocenters. The summed E-state index contributed by atoms with van der Waals surface area (Å²) in [5.74, 6) is 0. The molecule has 0 aromatic heterocycles. The Morgan fingerprint density at radius 1 is 1.00 bits per heavy atom. The van der Waals surface area contributed by atoms with Gasteiger partial charge >= 0.3 is 0 Å². The first-order valence-corrected chi connectivity index (χ1v) is 0. The number of rotatable bonds is 0. The van der Waals surface area contributed by atoms with Crippen LogP contribution in [0, 0.1) is 0 Å². The first kappa shape index (κ1) is 31.2. The van der Waals surface area contributed by atoms with Gasteiger partial charge in [0.1, 0.15) is 0 Å². The van der Waals surface area contributed by atoms with Crippen LogP contribution in [0.15, 0.2) is 0 Å². The van der Waals surface area contributed by atoms with E-state index in [2.05, 4.69) is 0 Å². The van der Waals surface area contributed by atoms with Crippen LogP contribution in [0.3, 0.4) is 0 Å². The molecule has 0 fully saturated rings. The third-order valence-corrected chi connectivity index (χ3v) is 0. The van der Waals surface area contributed by atoms with E-state index in [1.165, 1.54) is 0 Å². The maximum absolute atomic E-state index is 0. The molecule has 2 radical (unpaired) electrons. The van der Waals surface area contributed by atoms with Gasteiger partial charge in [0.2, 0.25) is 0 Å². The average Bonchev–Trinajstić information content (AvgIpc) is 0. The molecule has 0 nitrogen and oxygen atoms in total. The second-order valence-electron chi connectivity index (χ2n) is 0. The molecule has 30 valence electrons. The van der Waals surface area contributed by atoms with E-state index in [9.17, 15) is 0 Å². The molecule has 4 heavy (non-hydrogen) atoms. The Labute approximate surface area is 78.1 Å². The molecule has 0 aromatic carbocycles. The summed E-state index contributed by atoms with van der Waals surface area (Å²) in [6.07, 6.45) is 0. The summed E-state index contributed by atoms with van der Waals surface area (Å²) in [5.41, 5.74) is 0. The minimum absolute atomic E-state index is 0. The molecule has 0 aromatic rings. The smallest absolute Gasteiger partial charge is 0 e. The average molecular weight is 354 g/mol. The summed E-state index contributed by atoms with van der Waals surface area (Å²) in [4.78, 5) is 0. The van der Waals surface area contributed by atoms with Gasteiger partial charge in [-0.3, -0.25) is 0 Å². The second-order valence-corrected chi connectivity index (χ2v) is 0. The van der Waals surface area contributed by atoms with Gasteiger partial charge in [0, 0.05) is 79.1 Å². The van der Waals surface area contributed by atoms with Gasteiger partial charge in [-0.2, -0.15) is 0 Å². The van der Waals surface area contributed by atoms with Crippen molar-refractivity contribution < 1.29 is 79.1 Å². The Bertz CT molecular complexity index is 8.00. The van der Waals surface area contributed by atoms with E-state index < -0.39 is 0 Å². The normalized spacial score (nSPS) is 0. The van der Waals surface area contributed by atoms with Gasteiger partial charge in [-0.1, -0.05) is 0 Å².